The van der Waals surface area contributed by atoms with E-state index in [0.717, 1.165) is 18.2 Å². The van der Waals surface area contributed by atoms with E-state index in [1.54, 1.807) is 36.5 Å². The number of carboxylic acids is 1. The molecule has 2 N–H and O–H groups in total. The van der Waals surface area contributed by atoms with Gasteiger partial charge in [0, 0.05) is 11.8 Å². The minimum absolute atomic E-state index is 0.0719. The van der Waals surface area contributed by atoms with E-state index in [4.69, 9.17) is 5.11 Å². The Morgan fingerprint density at radius 1 is 0.909 bits per heavy atom. The molecule has 33 heavy (non-hydrogen) atoms. The van der Waals surface area contributed by atoms with Crippen molar-refractivity contribution in [1.82, 2.24) is 15.0 Å². The Balaban J connectivity index is 0.00000149. The summed E-state index contributed by atoms with van der Waals surface area (Å²) in [5.74, 6) is -2.46. The van der Waals surface area contributed by atoms with Gasteiger partial charge < -0.3 is 10.1 Å². The predicted octanol–water partition coefficient (Wildman–Crippen LogP) is 6.69. The van der Waals surface area contributed by atoms with Crippen molar-refractivity contribution in [2.75, 3.05) is 0 Å². The van der Waals surface area contributed by atoms with Crippen LogP contribution in [0.3, 0.4) is 0 Å². The van der Waals surface area contributed by atoms with Crippen LogP contribution in [0.1, 0.15) is 29.9 Å². The summed E-state index contributed by atoms with van der Waals surface area (Å²) in [7, 11) is 0. The van der Waals surface area contributed by atoms with E-state index in [0.29, 0.717) is 16.8 Å². The number of carboxylic acid groups (broad SMARTS) is 1. The molecule has 0 bridgehead atoms. The Bertz CT molecular complexity index is 1270. The molecule has 0 amide bonds. The summed E-state index contributed by atoms with van der Waals surface area (Å²) in [5, 5.41) is 9.13. The molecule has 0 fully saturated rings. The Morgan fingerprint density at radius 2 is 1.61 bits per heavy atom. The average molecular weight is 457 g/mol. The van der Waals surface area contributed by atoms with Crippen molar-refractivity contribution in [3.8, 4) is 33.9 Å². The minimum Gasteiger partial charge on any atom is -0.478 e. The van der Waals surface area contributed by atoms with Crippen molar-refractivity contribution in [3.63, 3.8) is 0 Å². The van der Waals surface area contributed by atoms with Crippen LogP contribution in [-0.2, 0) is 6.18 Å². The van der Waals surface area contributed by atoms with E-state index in [1.165, 1.54) is 12.1 Å². The van der Waals surface area contributed by atoms with Crippen molar-refractivity contribution in [2.24, 2.45) is 0 Å². The maximum atomic E-state index is 13.7. The second-order valence-electron chi connectivity index (χ2n) is 6.62. The molecule has 0 saturated carbocycles. The van der Waals surface area contributed by atoms with Crippen LogP contribution in [-0.4, -0.2) is 26.0 Å². The van der Waals surface area contributed by atoms with Gasteiger partial charge in [0.1, 0.15) is 11.5 Å². The number of nitrogens with zero attached hydrogens (tertiary/aromatic N) is 2. The maximum absolute atomic E-state index is 13.7. The highest BCUT2D eigenvalue weighted by Crippen LogP contribution is 2.33. The molecule has 0 saturated heterocycles. The quantitative estimate of drug-likeness (QED) is 0.335. The highest BCUT2D eigenvalue weighted by molar-refractivity contribution is 5.90. The van der Waals surface area contributed by atoms with Crippen LogP contribution in [0.15, 0.2) is 66.9 Å². The minimum atomic E-state index is -4.68. The number of aromatic carboxylic acids is 1. The topological polar surface area (TPSA) is 78.9 Å². The number of hydrogen-bond acceptors (Lipinski definition) is 3. The highest BCUT2D eigenvalue weighted by atomic mass is 19.4. The third-order valence-electron chi connectivity index (χ3n) is 4.54. The molecule has 0 atom stereocenters. The third kappa shape index (κ3) is 5.25. The average Bonchev–Trinajstić information content (AvgIpc) is 3.35. The summed E-state index contributed by atoms with van der Waals surface area (Å²) in [4.78, 5) is 22.0. The summed E-state index contributed by atoms with van der Waals surface area (Å²) in [6.45, 7) is 4.00. The Labute approximate surface area is 186 Å². The smallest absolute Gasteiger partial charge is 0.433 e. The summed E-state index contributed by atoms with van der Waals surface area (Å²) in [6.07, 6.45) is -3.11. The van der Waals surface area contributed by atoms with Crippen molar-refractivity contribution in [2.45, 2.75) is 20.0 Å². The first-order chi connectivity index (χ1) is 15.7. The van der Waals surface area contributed by atoms with Crippen LogP contribution >= 0.6 is 0 Å². The zero-order valence-electron chi connectivity index (χ0n) is 17.6. The largest absolute Gasteiger partial charge is 0.478 e. The van der Waals surface area contributed by atoms with Gasteiger partial charge in [0.25, 0.3) is 0 Å². The van der Waals surface area contributed by atoms with Crippen molar-refractivity contribution in [1.29, 1.82) is 0 Å². The van der Waals surface area contributed by atoms with Crippen LogP contribution in [0.4, 0.5) is 17.6 Å². The number of H-pyrrole nitrogens is 1. The fourth-order valence-electron chi connectivity index (χ4n) is 3.06. The van der Waals surface area contributed by atoms with Gasteiger partial charge in [-0.1, -0.05) is 38.1 Å². The Kier molecular flexibility index (Phi) is 6.91. The number of aromatic nitrogens is 3. The van der Waals surface area contributed by atoms with Crippen LogP contribution < -0.4 is 0 Å². The van der Waals surface area contributed by atoms with Crippen molar-refractivity contribution < 1.29 is 27.5 Å². The summed E-state index contributed by atoms with van der Waals surface area (Å²) in [5.41, 5.74) is 0.0181. The molecule has 4 aromatic rings. The standard InChI is InChI=1S/C22H13F4N3O2.C2H6/c23-16-7-6-13(10-15(16)21(30)31)12-3-1-4-14(9-12)20-28-18(17-5-2-8-27-17)11-19(29-20)22(24,25)26;1-2/h1-11,27H,(H,30,31);1-2H3. The predicted molar refractivity (Wildman–Crippen MR) is 116 cm³/mol. The molecular formula is C24H19F4N3O2. The van der Waals surface area contributed by atoms with E-state index in [-0.39, 0.29) is 17.1 Å². The highest BCUT2D eigenvalue weighted by Gasteiger charge is 2.34. The molecule has 0 unspecified atom stereocenters. The molecule has 0 aliphatic rings. The van der Waals surface area contributed by atoms with Gasteiger partial charge in [-0.05, 0) is 47.5 Å². The van der Waals surface area contributed by atoms with E-state index in [9.17, 15) is 22.4 Å². The van der Waals surface area contributed by atoms with Crippen LogP contribution in [0.5, 0.6) is 0 Å². The lowest BCUT2D eigenvalue weighted by Crippen LogP contribution is -2.10. The lowest BCUT2D eigenvalue weighted by Gasteiger charge is -2.11. The van der Waals surface area contributed by atoms with Gasteiger partial charge in [0.05, 0.1) is 17.0 Å². The van der Waals surface area contributed by atoms with E-state index in [2.05, 4.69) is 15.0 Å². The van der Waals surface area contributed by atoms with E-state index >= 15 is 0 Å². The summed E-state index contributed by atoms with van der Waals surface area (Å²) in [6, 6.07) is 13.9. The first-order valence-electron chi connectivity index (χ1n) is 9.96. The number of benzene rings is 2. The molecule has 0 aliphatic carbocycles. The molecule has 2 aromatic heterocycles. The fraction of sp³-hybridized carbons (Fsp3) is 0.125. The fourth-order valence-corrected chi connectivity index (χ4v) is 3.06. The second kappa shape index (κ2) is 9.64. The molecule has 9 heteroatoms. The van der Waals surface area contributed by atoms with E-state index < -0.39 is 29.2 Å². The van der Waals surface area contributed by atoms with Gasteiger partial charge in [-0.15, -0.1) is 0 Å². The third-order valence-corrected chi connectivity index (χ3v) is 4.54. The lowest BCUT2D eigenvalue weighted by atomic mass is 10.0. The Hall–Kier alpha value is -4.01. The van der Waals surface area contributed by atoms with Gasteiger partial charge in [0.2, 0.25) is 0 Å². The van der Waals surface area contributed by atoms with Gasteiger partial charge >= 0.3 is 12.1 Å². The van der Waals surface area contributed by atoms with Crippen LogP contribution in [0, 0.1) is 5.82 Å². The molecule has 2 heterocycles. The monoisotopic (exact) mass is 457 g/mol. The molecule has 0 spiro atoms. The molecule has 170 valence electrons. The molecule has 5 nitrogen and oxygen atoms in total. The molecular weight excluding hydrogens is 438 g/mol. The Morgan fingerprint density at radius 3 is 2.24 bits per heavy atom. The lowest BCUT2D eigenvalue weighted by molar-refractivity contribution is -0.141. The van der Waals surface area contributed by atoms with E-state index in [1.807, 2.05) is 13.8 Å². The molecule has 0 radical (unpaired) electrons. The molecule has 2 aromatic carbocycles. The van der Waals surface area contributed by atoms with Gasteiger partial charge in [-0.25, -0.2) is 19.2 Å². The molecule has 0 aliphatic heterocycles. The molecule has 4 rings (SSSR count). The number of carbonyl (C=O) groups is 1. The maximum Gasteiger partial charge on any atom is 0.433 e. The van der Waals surface area contributed by atoms with Crippen molar-refractivity contribution in [3.05, 3.63) is 83.9 Å². The number of aromatic amines is 1. The first-order valence-corrected chi connectivity index (χ1v) is 9.96. The number of nitrogens with one attached hydrogen (secondary N) is 1. The number of hydrogen-bond donors (Lipinski definition) is 2. The van der Waals surface area contributed by atoms with Gasteiger partial charge in [-0.2, -0.15) is 13.2 Å². The summed E-state index contributed by atoms with van der Waals surface area (Å²) >= 11 is 0. The normalized spacial score (nSPS) is 11.0. The second-order valence-corrected chi connectivity index (χ2v) is 6.62. The van der Waals surface area contributed by atoms with Gasteiger partial charge in [0.15, 0.2) is 5.82 Å². The van der Waals surface area contributed by atoms with Crippen molar-refractivity contribution >= 4 is 5.97 Å². The summed E-state index contributed by atoms with van der Waals surface area (Å²) < 4.78 is 54.0. The van der Waals surface area contributed by atoms with Crippen LogP contribution in [0.2, 0.25) is 0 Å². The number of rotatable bonds is 4. The van der Waals surface area contributed by atoms with Gasteiger partial charge in [-0.3, -0.25) is 0 Å². The zero-order chi connectivity index (χ0) is 24.2. The number of alkyl halides is 3. The zero-order valence-corrected chi connectivity index (χ0v) is 17.6. The first kappa shape index (κ1) is 23.6. The van der Waals surface area contributed by atoms with Crippen LogP contribution in [0.25, 0.3) is 33.9 Å². The SMILES string of the molecule is CC.O=C(O)c1cc(-c2cccc(-c3nc(-c4ccc[nH]4)cc(C(F)(F)F)n3)c2)ccc1F. The number of halogens is 4.